The number of likely N-dealkylation sites (tertiary alicyclic amines) is 1. The number of nitrogens with one attached hydrogen (secondary N) is 2. The quantitative estimate of drug-likeness (QED) is 0.672. The molecule has 1 aliphatic rings. The van der Waals surface area contributed by atoms with Crippen LogP contribution in [-0.4, -0.2) is 45.4 Å². The fourth-order valence-corrected chi connectivity index (χ4v) is 5.87. The van der Waals surface area contributed by atoms with Crippen molar-refractivity contribution >= 4 is 33.2 Å². The zero-order valence-corrected chi connectivity index (χ0v) is 20.0. The van der Waals surface area contributed by atoms with Crippen molar-refractivity contribution in [3.05, 3.63) is 58.1 Å². The third kappa shape index (κ3) is 5.66. The predicted octanol–water partition coefficient (Wildman–Crippen LogP) is 4.22. The Morgan fingerprint density at radius 1 is 1.13 bits per heavy atom. The van der Waals surface area contributed by atoms with Crippen LogP contribution < -0.4 is 10.0 Å². The van der Waals surface area contributed by atoms with Crippen LogP contribution in [0, 0.1) is 19.8 Å². The fraction of sp³-hybridized carbons (Fsp3) is 0.435. The second-order valence-corrected chi connectivity index (χ2v) is 10.5. The maximum absolute atomic E-state index is 13.0. The topological polar surface area (TPSA) is 78.5 Å². The first-order valence-electron chi connectivity index (χ1n) is 10.5. The first kappa shape index (κ1) is 23.7. The van der Waals surface area contributed by atoms with E-state index in [-0.39, 0.29) is 21.9 Å². The van der Waals surface area contributed by atoms with Gasteiger partial charge in [-0.15, -0.1) is 0 Å². The Kier molecular flexibility index (Phi) is 7.42. The molecule has 2 aromatic rings. The summed E-state index contributed by atoms with van der Waals surface area (Å²) in [5.41, 5.74) is 2.53. The Labute approximate surface area is 190 Å². The van der Waals surface area contributed by atoms with Crippen LogP contribution in [0.3, 0.4) is 0 Å². The normalized spacial score (nSPS) is 16.8. The molecule has 168 valence electrons. The van der Waals surface area contributed by atoms with Gasteiger partial charge in [-0.3, -0.25) is 4.79 Å². The number of hydrogen-bond acceptors (Lipinski definition) is 4. The van der Waals surface area contributed by atoms with Gasteiger partial charge in [0.05, 0.1) is 5.02 Å². The lowest BCUT2D eigenvalue weighted by Crippen LogP contribution is -2.43. The molecule has 0 saturated carbocycles. The molecule has 8 heteroatoms. The number of halogens is 1. The molecule has 0 bridgehead atoms. The number of rotatable bonds is 6. The molecule has 0 aromatic heterocycles. The van der Waals surface area contributed by atoms with E-state index in [1.54, 1.807) is 19.1 Å². The average Bonchev–Trinajstić information content (AvgIpc) is 2.70. The summed E-state index contributed by atoms with van der Waals surface area (Å²) in [7, 11) is -1.71. The Morgan fingerprint density at radius 3 is 2.42 bits per heavy atom. The summed E-state index contributed by atoms with van der Waals surface area (Å²) < 4.78 is 28.9. The van der Waals surface area contributed by atoms with Gasteiger partial charge in [0.25, 0.3) is 5.91 Å². The van der Waals surface area contributed by atoms with Gasteiger partial charge in [0, 0.05) is 17.3 Å². The highest BCUT2D eigenvalue weighted by Crippen LogP contribution is 2.30. The molecule has 2 N–H and O–H groups in total. The van der Waals surface area contributed by atoms with Crippen molar-refractivity contribution in [1.29, 1.82) is 0 Å². The summed E-state index contributed by atoms with van der Waals surface area (Å²) in [4.78, 5) is 14.9. The number of nitrogens with zero attached hydrogens (tertiary/aromatic N) is 1. The zero-order valence-electron chi connectivity index (χ0n) is 18.4. The lowest BCUT2D eigenvalue weighted by Gasteiger charge is -2.33. The van der Waals surface area contributed by atoms with Gasteiger partial charge < -0.3 is 10.2 Å². The van der Waals surface area contributed by atoms with E-state index >= 15 is 0 Å². The van der Waals surface area contributed by atoms with Crippen molar-refractivity contribution < 1.29 is 13.2 Å². The second-order valence-electron chi connectivity index (χ2n) is 8.42. The van der Waals surface area contributed by atoms with Gasteiger partial charge in [0.1, 0.15) is 4.90 Å². The molecule has 0 aliphatic carbocycles. The van der Waals surface area contributed by atoms with Gasteiger partial charge in [0.15, 0.2) is 0 Å². The second kappa shape index (κ2) is 9.69. The van der Waals surface area contributed by atoms with Crippen LogP contribution in [-0.2, 0) is 10.0 Å². The van der Waals surface area contributed by atoms with Gasteiger partial charge in [-0.05, 0) is 89.0 Å². The van der Waals surface area contributed by atoms with E-state index < -0.39 is 10.0 Å². The molecule has 0 spiro atoms. The summed E-state index contributed by atoms with van der Waals surface area (Å²) in [5, 5.41) is 2.92. The zero-order chi connectivity index (χ0) is 22.8. The molecule has 0 radical (unpaired) electrons. The lowest BCUT2D eigenvalue weighted by molar-refractivity contribution is 0.102. The highest BCUT2D eigenvalue weighted by molar-refractivity contribution is 7.89. The molecule has 1 heterocycles. The van der Waals surface area contributed by atoms with Crippen molar-refractivity contribution in [3.8, 4) is 0 Å². The van der Waals surface area contributed by atoms with Crippen molar-refractivity contribution in [1.82, 2.24) is 9.62 Å². The van der Waals surface area contributed by atoms with E-state index in [0.29, 0.717) is 22.7 Å². The minimum atomic E-state index is -3.79. The molecular formula is C23H30ClN3O3S. The Balaban J connectivity index is 1.77. The number of carbonyl (C=O) groups is 1. The number of anilines is 1. The summed E-state index contributed by atoms with van der Waals surface area (Å²) in [6.07, 6.45) is 1.91. The number of hydrogen-bond donors (Lipinski definition) is 2. The molecule has 31 heavy (non-hydrogen) atoms. The molecule has 1 amide bonds. The molecule has 1 fully saturated rings. The number of aryl methyl sites for hydroxylation is 2. The van der Waals surface area contributed by atoms with E-state index in [4.69, 9.17) is 11.6 Å². The summed E-state index contributed by atoms with van der Waals surface area (Å²) >= 11 is 6.36. The fourth-order valence-electron chi connectivity index (χ4n) is 3.95. The maximum Gasteiger partial charge on any atom is 0.255 e. The van der Waals surface area contributed by atoms with Crippen molar-refractivity contribution in [2.75, 3.05) is 25.5 Å². The van der Waals surface area contributed by atoms with Crippen LogP contribution in [0.25, 0.3) is 0 Å². The third-order valence-corrected chi connectivity index (χ3v) is 8.04. The lowest BCUT2D eigenvalue weighted by atomic mass is 9.91. The van der Waals surface area contributed by atoms with Gasteiger partial charge in [-0.25, -0.2) is 13.1 Å². The molecule has 6 nitrogen and oxygen atoms in total. The Morgan fingerprint density at radius 2 is 1.77 bits per heavy atom. The predicted molar refractivity (Wildman–Crippen MR) is 125 cm³/mol. The van der Waals surface area contributed by atoms with Crippen molar-refractivity contribution in [3.63, 3.8) is 0 Å². The standard InChI is InChI=1S/C23H30ClN3O3S/c1-15-7-5-6-8-19(15)23(28)25-21-14-20(24)22(13-16(21)2)31(29,30)26-17(3)18-9-11-27(4)12-10-18/h5-8,13-14,17-18,26H,9-12H2,1-4H3,(H,25,28)/t17-/m1/s1. The average molecular weight is 464 g/mol. The summed E-state index contributed by atoms with van der Waals surface area (Å²) in [5.74, 6) is 0.0282. The highest BCUT2D eigenvalue weighted by atomic mass is 35.5. The van der Waals surface area contributed by atoms with Crippen LogP contribution in [0.2, 0.25) is 5.02 Å². The highest BCUT2D eigenvalue weighted by Gasteiger charge is 2.28. The van der Waals surface area contributed by atoms with Gasteiger partial charge in [0.2, 0.25) is 10.0 Å². The largest absolute Gasteiger partial charge is 0.322 e. The summed E-state index contributed by atoms with van der Waals surface area (Å²) in [6.45, 7) is 7.45. The van der Waals surface area contributed by atoms with E-state index in [9.17, 15) is 13.2 Å². The van der Waals surface area contributed by atoms with Gasteiger partial charge >= 0.3 is 0 Å². The van der Waals surface area contributed by atoms with E-state index in [0.717, 1.165) is 31.5 Å². The first-order chi connectivity index (χ1) is 14.6. The van der Waals surface area contributed by atoms with Gasteiger partial charge in [-0.2, -0.15) is 0 Å². The minimum absolute atomic E-state index is 0.0281. The molecule has 0 unspecified atom stereocenters. The van der Waals surface area contributed by atoms with Crippen LogP contribution in [0.15, 0.2) is 41.3 Å². The van der Waals surface area contributed by atoms with E-state index in [1.165, 1.54) is 12.1 Å². The molecular weight excluding hydrogens is 434 g/mol. The number of carbonyl (C=O) groups excluding carboxylic acids is 1. The van der Waals surface area contributed by atoms with E-state index in [1.807, 2.05) is 26.0 Å². The Hall–Kier alpha value is -1.93. The monoisotopic (exact) mass is 463 g/mol. The van der Waals surface area contributed by atoms with Crippen LogP contribution in [0.5, 0.6) is 0 Å². The molecule has 1 atom stereocenters. The first-order valence-corrected chi connectivity index (χ1v) is 12.3. The van der Waals surface area contributed by atoms with Crippen LogP contribution in [0.4, 0.5) is 5.69 Å². The molecule has 1 saturated heterocycles. The van der Waals surface area contributed by atoms with Crippen molar-refractivity contribution in [2.24, 2.45) is 5.92 Å². The smallest absolute Gasteiger partial charge is 0.255 e. The molecule has 2 aromatic carbocycles. The molecule has 3 rings (SSSR count). The van der Waals surface area contributed by atoms with E-state index in [2.05, 4.69) is 22.0 Å². The number of benzene rings is 2. The minimum Gasteiger partial charge on any atom is -0.322 e. The van der Waals surface area contributed by atoms with Gasteiger partial charge in [-0.1, -0.05) is 29.8 Å². The number of piperidine rings is 1. The van der Waals surface area contributed by atoms with Crippen LogP contribution >= 0.6 is 11.6 Å². The third-order valence-electron chi connectivity index (χ3n) is 6.02. The molecule has 1 aliphatic heterocycles. The SMILES string of the molecule is Cc1cc(S(=O)(=O)N[C@H](C)C2CCN(C)CC2)c(Cl)cc1NC(=O)c1ccccc1C. The Bertz CT molecular complexity index is 1060. The van der Waals surface area contributed by atoms with Crippen molar-refractivity contribution in [2.45, 2.75) is 44.6 Å². The maximum atomic E-state index is 13.0. The number of sulfonamides is 1. The number of amides is 1. The van der Waals surface area contributed by atoms with Crippen LogP contribution in [0.1, 0.15) is 41.3 Å². The summed E-state index contributed by atoms with van der Waals surface area (Å²) in [6, 6.07) is 10.1.